The molecule has 0 aliphatic carbocycles. The van der Waals surface area contributed by atoms with Gasteiger partial charge in [-0.3, -0.25) is 9.69 Å². The molecule has 30 heavy (non-hydrogen) atoms. The van der Waals surface area contributed by atoms with Crippen LogP contribution in [0, 0.1) is 0 Å². The number of hydrogen-bond acceptors (Lipinski definition) is 7. The Kier molecular flexibility index (Phi) is 6.57. The molecule has 10 heteroatoms. The van der Waals surface area contributed by atoms with Gasteiger partial charge in [0.05, 0.1) is 4.90 Å². The Morgan fingerprint density at radius 3 is 2.57 bits per heavy atom. The van der Waals surface area contributed by atoms with Gasteiger partial charge in [-0.05, 0) is 23.6 Å². The van der Waals surface area contributed by atoms with E-state index in [0.29, 0.717) is 37.8 Å². The van der Waals surface area contributed by atoms with E-state index in [1.165, 1.54) is 17.0 Å². The Bertz CT molecular complexity index is 970. The van der Waals surface area contributed by atoms with E-state index < -0.39 is 10.0 Å². The number of carbonyl (C=O) groups is 1. The third-order valence-corrected chi connectivity index (χ3v) is 7.46. The number of nitrogens with one attached hydrogen (secondary N) is 1. The maximum atomic E-state index is 12.5. The van der Waals surface area contributed by atoms with Crippen molar-refractivity contribution in [2.75, 3.05) is 45.9 Å². The van der Waals surface area contributed by atoms with Crippen LogP contribution in [0.4, 0.5) is 0 Å². The van der Waals surface area contributed by atoms with Gasteiger partial charge < -0.3 is 14.4 Å². The highest BCUT2D eigenvalue weighted by molar-refractivity contribution is 7.89. The fraction of sp³-hybridized carbons (Fsp3) is 0.450. The van der Waals surface area contributed by atoms with Crippen molar-refractivity contribution < 1.29 is 22.7 Å². The monoisotopic (exact) mass is 451 g/mol. The highest BCUT2D eigenvalue weighted by atomic mass is 32.2. The zero-order chi connectivity index (χ0) is 21.0. The first-order valence-corrected chi connectivity index (χ1v) is 12.3. The van der Waals surface area contributed by atoms with Crippen LogP contribution in [0.3, 0.4) is 0 Å². The summed E-state index contributed by atoms with van der Waals surface area (Å²) in [4.78, 5) is 18.0. The zero-order valence-corrected chi connectivity index (χ0v) is 18.2. The smallest absolute Gasteiger partial charge is 0.240 e. The number of rotatable bonds is 7. The van der Waals surface area contributed by atoms with Crippen molar-refractivity contribution in [2.24, 2.45) is 0 Å². The molecule has 1 N–H and O–H groups in total. The van der Waals surface area contributed by atoms with Gasteiger partial charge in [0.25, 0.3) is 0 Å². The molecule has 0 unspecified atom stereocenters. The maximum Gasteiger partial charge on any atom is 0.240 e. The number of thiophene rings is 1. The topological polar surface area (TPSA) is 88.2 Å². The molecule has 2 aromatic rings. The summed E-state index contributed by atoms with van der Waals surface area (Å²) in [6.45, 7) is 4.79. The number of benzene rings is 1. The van der Waals surface area contributed by atoms with Gasteiger partial charge in [0.1, 0.15) is 13.2 Å². The summed E-state index contributed by atoms with van der Waals surface area (Å²) in [6, 6.07) is 8.68. The minimum absolute atomic E-state index is 0.0318. The molecule has 0 bridgehead atoms. The second-order valence-electron chi connectivity index (χ2n) is 7.19. The molecule has 1 amide bonds. The summed E-state index contributed by atoms with van der Waals surface area (Å²) in [5.41, 5.74) is 0. The average Bonchev–Trinajstić information content (AvgIpc) is 3.27. The lowest BCUT2D eigenvalue weighted by molar-refractivity contribution is -0.132. The quantitative estimate of drug-likeness (QED) is 0.687. The second kappa shape index (κ2) is 9.34. The molecule has 0 saturated carbocycles. The minimum Gasteiger partial charge on any atom is -0.486 e. The van der Waals surface area contributed by atoms with Crippen molar-refractivity contribution >= 4 is 27.3 Å². The summed E-state index contributed by atoms with van der Waals surface area (Å²) in [5, 5.41) is 2.07. The molecular formula is C20H25N3O5S2. The predicted molar refractivity (Wildman–Crippen MR) is 113 cm³/mol. The average molecular weight is 452 g/mol. The van der Waals surface area contributed by atoms with E-state index in [2.05, 4.69) is 21.1 Å². The van der Waals surface area contributed by atoms with Crippen molar-refractivity contribution in [1.29, 1.82) is 0 Å². The number of ether oxygens (including phenoxy) is 2. The van der Waals surface area contributed by atoms with E-state index in [9.17, 15) is 13.2 Å². The Morgan fingerprint density at radius 2 is 1.83 bits per heavy atom. The molecule has 8 nitrogen and oxygen atoms in total. The highest BCUT2D eigenvalue weighted by Crippen LogP contribution is 2.32. The van der Waals surface area contributed by atoms with Crippen molar-refractivity contribution in [2.45, 2.75) is 17.9 Å². The van der Waals surface area contributed by atoms with E-state index in [1.54, 1.807) is 17.4 Å². The molecule has 2 aliphatic heterocycles. The van der Waals surface area contributed by atoms with Crippen molar-refractivity contribution in [1.82, 2.24) is 14.5 Å². The van der Waals surface area contributed by atoms with Crippen LogP contribution in [0.15, 0.2) is 40.6 Å². The van der Waals surface area contributed by atoms with E-state index in [-0.39, 0.29) is 23.8 Å². The third kappa shape index (κ3) is 5.12. The van der Waals surface area contributed by atoms with Gasteiger partial charge in [-0.1, -0.05) is 6.07 Å². The first kappa shape index (κ1) is 21.1. The summed E-state index contributed by atoms with van der Waals surface area (Å²) >= 11 is 1.74. The number of carbonyl (C=O) groups excluding carboxylic acids is 1. The van der Waals surface area contributed by atoms with Gasteiger partial charge >= 0.3 is 0 Å². The van der Waals surface area contributed by atoms with Crippen LogP contribution in [-0.2, 0) is 21.4 Å². The Morgan fingerprint density at radius 1 is 1.07 bits per heavy atom. The number of nitrogens with zero attached hydrogens (tertiary/aromatic N) is 2. The first-order chi connectivity index (χ1) is 14.5. The predicted octanol–water partition coefficient (Wildman–Crippen LogP) is 1.53. The molecule has 1 aromatic heterocycles. The lowest BCUT2D eigenvalue weighted by Gasteiger charge is -2.34. The molecule has 1 aromatic carbocycles. The van der Waals surface area contributed by atoms with Gasteiger partial charge in [-0.25, -0.2) is 13.1 Å². The molecule has 3 heterocycles. The van der Waals surface area contributed by atoms with Crippen LogP contribution in [0.2, 0.25) is 0 Å². The Balaban J connectivity index is 1.23. The first-order valence-electron chi connectivity index (χ1n) is 9.93. The normalized spacial score (nSPS) is 17.1. The SMILES string of the molecule is O=C(CCNS(=O)(=O)c1ccc2c(c1)OCCO2)N1CCN(Cc2cccs2)CC1. The van der Waals surface area contributed by atoms with Crippen LogP contribution in [-0.4, -0.2) is 70.1 Å². The molecule has 1 fully saturated rings. The van der Waals surface area contributed by atoms with E-state index in [1.807, 2.05) is 11.0 Å². The van der Waals surface area contributed by atoms with Crippen molar-refractivity contribution in [3.05, 3.63) is 40.6 Å². The Hall–Kier alpha value is -2.14. The van der Waals surface area contributed by atoms with Crippen LogP contribution < -0.4 is 14.2 Å². The van der Waals surface area contributed by atoms with Crippen LogP contribution in [0.5, 0.6) is 11.5 Å². The second-order valence-corrected chi connectivity index (χ2v) is 9.99. The van der Waals surface area contributed by atoms with Gasteiger partial charge in [-0.15, -0.1) is 11.3 Å². The van der Waals surface area contributed by atoms with E-state index >= 15 is 0 Å². The van der Waals surface area contributed by atoms with Crippen LogP contribution in [0.1, 0.15) is 11.3 Å². The van der Waals surface area contributed by atoms with Gasteiger partial charge in [-0.2, -0.15) is 0 Å². The molecule has 2 aliphatic rings. The minimum atomic E-state index is -3.72. The summed E-state index contributed by atoms with van der Waals surface area (Å²) < 4.78 is 38.4. The van der Waals surface area contributed by atoms with Gasteiger partial charge in [0, 0.05) is 56.6 Å². The van der Waals surface area contributed by atoms with Crippen molar-refractivity contribution in [3.63, 3.8) is 0 Å². The van der Waals surface area contributed by atoms with E-state index in [4.69, 9.17) is 9.47 Å². The number of piperazine rings is 1. The molecule has 0 atom stereocenters. The molecule has 0 spiro atoms. The maximum absolute atomic E-state index is 12.5. The van der Waals surface area contributed by atoms with Gasteiger partial charge in [0.15, 0.2) is 11.5 Å². The highest BCUT2D eigenvalue weighted by Gasteiger charge is 2.23. The lowest BCUT2D eigenvalue weighted by Crippen LogP contribution is -2.48. The van der Waals surface area contributed by atoms with E-state index in [0.717, 1.165) is 19.6 Å². The summed E-state index contributed by atoms with van der Waals surface area (Å²) in [6.07, 6.45) is 0.134. The van der Waals surface area contributed by atoms with Crippen LogP contribution in [0.25, 0.3) is 0 Å². The fourth-order valence-electron chi connectivity index (χ4n) is 3.50. The van der Waals surface area contributed by atoms with Crippen LogP contribution >= 0.6 is 11.3 Å². The summed E-state index contributed by atoms with van der Waals surface area (Å²) in [5.74, 6) is 0.921. The standard InChI is InChI=1S/C20H25N3O5S2/c24-20(23-9-7-22(8-10-23)15-16-2-1-13-29-16)5-6-21-30(25,26)17-3-4-18-19(14-17)28-12-11-27-18/h1-4,13-14,21H,5-12,15H2. The Labute approximate surface area is 180 Å². The molecule has 162 valence electrons. The fourth-order valence-corrected chi connectivity index (χ4v) is 5.30. The number of hydrogen-bond donors (Lipinski definition) is 1. The molecular weight excluding hydrogens is 426 g/mol. The zero-order valence-electron chi connectivity index (χ0n) is 16.6. The third-order valence-electron chi connectivity index (χ3n) is 5.14. The number of sulfonamides is 1. The largest absolute Gasteiger partial charge is 0.486 e. The molecule has 1 saturated heterocycles. The molecule has 4 rings (SSSR count). The number of fused-ring (bicyclic) bond motifs is 1. The van der Waals surface area contributed by atoms with Gasteiger partial charge in [0.2, 0.25) is 15.9 Å². The lowest BCUT2D eigenvalue weighted by atomic mass is 10.2. The molecule has 0 radical (unpaired) electrons. The summed E-state index contributed by atoms with van der Waals surface area (Å²) in [7, 11) is -3.72. The van der Waals surface area contributed by atoms with Crippen molar-refractivity contribution in [3.8, 4) is 11.5 Å². The number of amides is 1.